The molecule has 3 aromatic rings. The summed E-state index contributed by atoms with van der Waals surface area (Å²) in [7, 11) is 0. The van der Waals surface area contributed by atoms with Crippen LogP contribution >= 0.6 is 11.3 Å². The molecule has 0 saturated carbocycles. The zero-order valence-corrected chi connectivity index (χ0v) is 11.5. The Balaban J connectivity index is 1.91. The fourth-order valence-corrected chi connectivity index (χ4v) is 2.82. The van der Waals surface area contributed by atoms with Gasteiger partial charge in [-0.1, -0.05) is 30.4 Å². The van der Waals surface area contributed by atoms with Crippen LogP contribution in [0.1, 0.15) is 19.2 Å². The lowest BCUT2D eigenvalue weighted by Gasteiger charge is -2.03. The molecule has 19 heavy (non-hydrogen) atoms. The van der Waals surface area contributed by atoms with E-state index >= 15 is 0 Å². The van der Waals surface area contributed by atoms with E-state index in [1.165, 1.54) is 4.70 Å². The van der Waals surface area contributed by atoms with Crippen LogP contribution in [0.3, 0.4) is 0 Å². The van der Waals surface area contributed by atoms with Crippen LogP contribution in [0.2, 0.25) is 0 Å². The second-order valence-electron chi connectivity index (χ2n) is 4.23. The minimum Gasteiger partial charge on any atom is -0.310 e. The molecule has 6 heteroatoms. The van der Waals surface area contributed by atoms with Crippen molar-refractivity contribution in [2.24, 2.45) is 0 Å². The third-order valence-corrected chi connectivity index (χ3v) is 3.80. The Labute approximate surface area is 115 Å². The third kappa shape index (κ3) is 2.50. The van der Waals surface area contributed by atoms with Gasteiger partial charge in [0.25, 0.3) is 0 Å². The second-order valence-corrected chi connectivity index (χ2v) is 5.24. The number of nitrogens with zero attached hydrogens (tertiary/aromatic N) is 4. The largest absolute Gasteiger partial charge is 0.310 e. The van der Waals surface area contributed by atoms with Crippen molar-refractivity contribution in [2.45, 2.75) is 19.9 Å². The minimum absolute atomic E-state index is 0.712. The first-order valence-electron chi connectivity index (χ1n) is 6.34. The number of hydrogen-bond acceptors (Lipinski definition) is 5. The Morgan fingerprint density at radius 1 is 1.32 bits per heavy atom. The van der Waals surface area contributed by atoms with Crippen molar-refractivity contribution >= 4 is 21.6 Å². The van der Waals surface area contributed by atoms with Crippen molar-refractivity contribution in [3.8, 4) is 5.13 Å². The fraction of sp³-hybridized carbons (Fsp3) is 0.308. The zero-order chi connectivity index (χ0) is 13.1. The van der Waals surface area contributed by atoms with Gasteiger partial charge in [0.1, 0.15) is 12.2 Å². The highest BCUT2D eigenvalue weighted by molar-refractivity contribution is 7.20. The second kappa shape index (κ2) is 5.46. The van der Waals surface area contributed by atoms with Crippen molar-refractivity contribution < 1.29 is 0 Å². The van der Waals surface area contributed by atoms with Gasteiger partial charge in [-0.15, -0.1) is 0 Å². The molecule has 0 saturated heterocycles. The molecule has 0 atom stereocenters. The average Bonchev–Trinajstić information content (AvgIpc) is 3.04. The van der Waals surface area contributed by atoms with E-state index in [1.54, 1.807) is 17.7 Å². The van der Waals surface area contributed by atoms with Crippen LogP contribution in [0, 0.1) is 0 Å². The maximum atomic E-state index is 4.60. The maximum absolute atomic E-state index is 4.60. The monoisotopic (exact) mass is 273 g/mol. The lowest BCUT2D eigenvalue weighted by molar-refractivity contribution is 0.632. The molecule has 0 unspecified atom stereocenters. The number of fused-ring (bicyclic) bond motifs is 1. The lowest BCUT2D eigenvalue weighted by atomic mass is 10.3. The van der Waals surface area contributed by atoms with Gasteiger partial charge in [0.15, 0.2) is 0 Å². The molecule has 0 amide bonds. The number of aromatic nitrogens is 4. The summed E-state index contributed by atoms with van der Waals surface area (Å²) < 4.78 is 2.98. The molecule has 2 aromatic heterocycles. The molecule has 0 aliphatic heterocycles. The Morgan fingerprint density at radius 3 is 3.05 bits per heavy atom. The first-order chi connectivity index (χ1) is 9.38. The Kier molecular flexibility index (Phi) is 3.52. The van der Waals surface area contributed by atoms with Gasteiger partial charge in [-0.3, -0.25) is 0 Å². The summed E-state index contributed by atoms with van der Waals surface area (Å²) in [5.74, 6) is 0.896. The van der Waals surface area contributed by atoms with Crippen molar-refractivity contribution in [1.29, 1.82) is 0 Å². The van der Waals surface area contributed by atoms with Crippen molar-refractivity contribution in [3.63, 3.8) is 0 Å². The third-order valence-electron chi connectivity index (χ3n) is 2.79. The van der Waals surface area contributed by atoms with Gasteiger partial charge in [0, 0.05) is 0 Å². The van der Waals surface area contributed by atoms with Gasteiger partial charge in [-0.05, 0) is 25.1 Å². The standard InChI is InChI=1S/C13H15N5S/c1-2-7-14-8-12-15-9-16-18(12)13-17-10-5-3-4-6-11(10)19-13/h3-6,9,14H,2,7-8H2,1H3. The summed E-state index contributed by atoms with van der Waals surface area (Å²) in [5.41, 5.74) is 1.01. The van der Waals surface area contributed by atoms with Crippen LogP contribution in [0.25, 0.3) is 15.3 Å². The molecule has 3 rings (SSSR count). The molecule has 0 aliphatic carbocycles. The highest BCUT2D eigenvalue weighted by Gasteiger charge is 2.10. The average molecular weight is 273 g/mol. The van der Waals surface area contributed by atoms with Gasteiger partial charge >= 0.3 is 0 Å². The molecule has 5 nitrogen and oxygen atoms in total. The van der Waals surface area contributed by atoms with E-state index in [-0.39, 0.29) is 0 Å². The van der Waals surface area contributed by atoms with Gasteiger partial charge in [0.2, 0.25) is 5.13 Å². The van der Waals surface area contributed by atoms with Crippen LogP contribution in [0.15, 0.2) is 30.6 Å². The summed E-state index contributed by atoms with van der Waals surface area (Å²) in [6, 6.07) is 8.11. The molecule has 2 heterocycles. The summed E-state index contributed by atoms with van der Waals surface area (Å²) in [6.07, 6.45) is 2.68. The Bertz CT molecular complexity index is 639. The molecule has 98 valence electrons. The van der Waals surface area contributed by atoms with E-state index < -0.39 is 0 Å². The topological polar surface area (TPSA) is 55.6 Å². The van der Waals surface area contributed by atoms with E-state index in [0.29, 0.717) is 6.54 Å². The van der Waals surface area contributed by atoms with Crippen molar-refractivity contribution in [3.05, 3.63) is 36.4 Å². The number of hydrogen-bond donors (Lipinski definition) is 1. The first-order valence-corrected chi connectivity index (χ1v) is 7.15. The normalized spacial score (nSPS) is 11.2. The predicted molar refractivity (Wildman–Crippen MR) is 76.5 cm³/mol. The van der Waals surface area contributed by atoms with Crippen molar-refractivity contribution in [2.75, 3.05) is 6.54 Å². The minimum atomic E-state index is 0.712. The molecule has 0 aliphatic rings. The molecule has 1 aromatic carbocycles. The van der Waals surface area contributed by atoms with E-state index in [4.69, 9.17) is 0 Å². The first kappa shape index (κ1) is 12.3. The van der Waals surface area contributed by atoms with Crippen LogP contribution < -0.4 is 5.32 Å². The van der Waals surface area contributed by atoms with E-state index in [2.05, 4.69) is 33.4 Å². The maximum Gasteiger partial charge on any atom is 0.213 e. The summed E-state index contributed by atoms with van der Waals surface area (Å²) in [6.45, 7) is 3.84. The van der Waals surface area contributed by atoms with Gasteiger partial charge in [-0.25, -0.2) is 9.97 Å². The Hall–Kier alpha value is -1.79. The number of nitrogens with one attached hydrogen (secondary N) is 1. The molecular weight excluding hydrogens is 258 g/mol. The van der Waals surface area contributed by atoms with Crippen LogP contribution in [0.4, 0.5) is 0 Å². The highest BCUT2D eigenvalue weighted by Crippen LogP contribution is 2.24. The fourth-order valence-electron chi connectivity index (χ4n) is 1.87. The zero-order valence-electron chi connectivity index (χ0n) is 10.7. The number of benzene rings is 1. The number of rotatable bonds is 5. The predicted octanol–water partition coefficient (Wildman–Crippen LogP) is 2.38. The molecule has 0 radical (unpaired) electrons. The van der Waals surface area contributed by atoms with Crippen LogP contribution in [-0.4, -0.2) is 26.3 Å². The van der Waals surface area contributed by atoms with E-state index in [0.717, 1.165) is 29.4 Å². The molecular formula is C13H15N5S. The van der Waals surface area contributed by atoms with Crippen LogP contribution in [0.5, 0.6) is 0 Å². The number of para-hydroxylation sites is 1. The summed E-state index contributed by atoms with van der Waals surface area (Å²) in [5, 5.41) is 8.48. The molecule has 1 N–H and O–H groups in total. The van der Waals surface area contributed by atoms with Gasteiger partial charge in [-0.2, -0.15) is 9.78 Å². The van der Waals surface area contributed by atoms with Crippen molar-refractivity contribution in [1.82, 2.24) is 25.1 Å². The summed E-state index contributed by atoms with van der Waals surface area (Å²) in [4.78, 5) is 8.89. The lowest BCUT2D eigenvalue weighted by Crippen LogP contribution is -2.17. The Morgan fingerprint density at radius 2 is 2.21 bits per heavy atom. The van der Waals surface area contributed by atoms with Gasteiger partial charge in [0.05, 0.1) is 16.8 Å². The van der Waals surface area contributed by atoms with Crippen LogP contribution in [-0.2, 0) is 6.54 Å². The summed E-state index contributed by atoms with van der Waals surface area (Å²) >= 11 is 1.63. The quantitative estimate of drug-likeness (QED) is 0.725. The molecule has 0 fully saturated rings. The molecule has 0 spiro atoms. The SMILES string of the molecule is CCCNCc1ncnn1-c1nc2ccccc2s1. The van der Waals surface area contributed by atoms with E-state index in [1.807, 2.05) is 22.9 Å². The van der Waals surface area contributed by atoms with Gasteiger partial charge < -0.3 is 5.32 Å². The number of thiazole rings is 1. The highest BCUT2D eigenvalue weighted by atomic mass is 32.1. The van der Waals surface area contributed by atoms with E-state index in [9.17, 15) is 0 Å². The smallest absolute Gasteiger partial charge is 0.213 e. The molecule has 0 bridgehead atoms.